The molecule has 0 unspecified atom stereocenters. The topological polar surface area (TPSA) is 98.3 Å². The molecule has 0 aromatic heterocycles. The van der Waals surface area contributed by atoms with Gasteiger partial charge in [0, 0.05) is 17.8 Å². The summed E-state index contributed by atoms with van der Waals surface area (Å²) in [6, 6.07) is 13.4. The maximum atomic E-state index is 11.2. The van der Waals surface area contributed by atoms with Gasteiger partial charge in [-0.3, -0.25) is 14.9 Å². The summed E-state index contributed by atoms with van der Waals surface area (Å²) >= 11 is 0. The number of rotatable bonds is 4. The minimum Gasteiger partial charge on any atom is -0.325 e. The lowest BCUT2D eigenvalue weighted by Gasteiger charge is -2.06. The van der Waals surface area contributed by atoms with E-state index in [4.69, 9.17) is 5.73 Å². The molecule has 2 aromatic rings. The van der Waals surface area contributed by atoms with Crippen molar-refractivity contribution in [2.45, 2.75) is 0 Å². The molecule has 0 heterocycles. The lowest BCUT2D eigenvalue weighted by Crippen LogP contribution is -2.21. The van der Waals surface area contributed by atoms with Crippen LogP contribution in [0.15, 0.2) is 48.5 Å². The van der Waals surface area contributed by atoms with Gasteiger partial charge in [-0.05, 0) is 23.3 Å². The molecule has 6 heteroatoms. The molecule has 0 radical (unpaired) electrons. The molecule has 0 atom stereocenters. The summed E-state index contributed by atoms with van der Waals surface area (Å²) in [6.45, 7) is -0.0962. The number of nitrogens with zero attached hydrogens (tertiary/aromatic N) is 1. The minimum atomic E-state index is -0.441. The van der Waals surface area contributed by atoms with Gasteiger partial charge in [0.25, 0.3) is 5.69 Å². The van der Waals surface area contributed by atoms with E-state index in [-0.39, 0.29) is 18.1 Å². The number of amides is 1. The zero-order chi connectivity index (χ0) is 14.5. The Labute approximate surface area is 115 Å². The molecular weight excluding hydrogens is 258 g/mol. The molecular formula is C14H13N3O3. The number of anilines is 1. The SMILES string of the molecule is NCC(=O)Nc1cccc(-c2cccc([N+](=O)[O-])c2)c1. The second-order valence-electron chi connectivity index (χ2n) is 4.14. The van der Waals surface area contributed by atoms with Crippen molar-refractivity contribution in [1.29, 1.82) is 0 Å². The number of hydrogen-bond acceptors (Lipinski definition) is 4. The predicted molar refractivity (Wildman–Crippen MR) is 76.2 cm³/mol. The number of carbonyl (C=O) groups excluding carboxylic acids is 1. The lowest BCUT2D eigenvalue weighted by molar-refractivity contribution is -0.384. The fourth-order valence-electron chi connectivity index (χ4n) is 1.79. The zero-order valence-corrected chi connectivity index (χ0v) is 10.6. The van der Waals surface area contributed by atoms with Crippen LogP contribution in [0, 0.1) is 10.1 Å². The third kappa shape index (κ3) is 3.18. The van der Waals surface area contributed by atoms with E-state index in [0.29, 0.717) is 11.3 Å². The van der Waals surface area contributed by atoms with Crippen LogP contribution < -0.4 is 11.1 Å². The minimum absolute atomic E-state index is 0.0268. The summed E-state index contributed by atoms with van der Waals surface area (Å²) in [6.07, 6.45) is 0. The van der Waals surface area contributed by atoms with Crippen LogP contribution in [0.1, 0.15) is 0 Å². The predicted octanol–water partition coefficient (Wildman–Crippen LogP) is 2.16. The average molecular weight is 271 g/mol. The highest BCUT2D eigenvalue weighted by atomic mass is 16.6. The average Bonchev–Trinajstić information content (AvgIpc) is 2.47. The van der Waals surface area contributed by atoms with Crippen molar-refractivity contribution in [1.82, 2.24) is 0 Å². The highest BCUT2D eigenvalue weighted by Crippen LogP contribution is 2.25. The van der Waals surface area contributed by atoms with E-state index in [1.54, 1.807) is 30.3 Å². The molecule has 3 N–H and O–H groups in total. The summed E-state index contributed by atoms with van der Waals surface area (Å²) in [5.74, 6) is -0.291. The summed E-state index contributed by atoms with van der Waals surface area (Å²) in [7, 11) is 0. The van der Waals surface area contributed by atoms with Gasteiger partial charge in [0.05, 0.1) is 11.5 Å². The molecule has 0 aliphatic rings. The van der Waals surface area contributed by atoms with Gasteiger partial charge in [0.15, 0.2) is 0 Å². The summed E-state index contributed by atoms with van der Waals surface area (Å²) in [4.78, 5) is 21.6. The number of benzene rings is 2. The van der Waals surface area contributed by atoms with Crippen LogP contribution in [-0.2, 0) is 4.79 Å². The molecule has 0 aliphatic heterocycles. The summed E-state index contributed by atoms with van der Waals surface area (Å²) in [5, 5.41) is 13.4. The number of non-ortho nitro benzene ring substituents is 1. The van der Waals surface area contributed by atoms with Gasteiger partial charge in [-0.1, -0.05) is 24.3 Å². The molecule has 0 fully saturated rings. The Balaban J connectivity index is 2.33. The van der Waals surface area contributed by atoms with E-state index in [2.05, 4.69) is 5.32 Å². The molecule has 0 aliphatic carbocycles. The third-order valence-electron chi connectivity index (χ3n) is 2.72. The normalized spacial score (nSPS) is 10.1. The van der Waals surface area contributed by atoms with E-state index in [1.165, 1.54) is 12.1 Å². The molecule has 102 valence electrons. The molecule has 0 saturated carbocycles. The first-order valence-corrected chi connectivity index (χ1v) is 5.95. The third-order valence-corrected chi connectivity index (χ3v) is 2.72. The van der Waals surface area contributed by atoms with Gasteiger partial charge in [-0.2, -0.15) is 0 Å². The van der Waals surface area contributed by atoms with Gasteiger partial charge in [-0.15, -0.1) is 0 Å². The first-order chi connectivity index (χ1) is 9.60. The molecule has 2 rings (SSSR count). The largest absolute Gasteiger partial charge is 0.325 e. The van der Waals surface area contributed by atoms with Crippen LogP contribution >= 0.6 is 0 Å². The maximum Gasteiger partial charge on any atom is 0.270 e. The van der Waals surface area contributed by atoms with Crippen LogP contribution in [0.2, 0.25) is 0 Å². The Bertz CT molecular complexity index is 656. The van der Waals surface area contributed by atoms with Crippen molar-refractivity contribution in [3.8, 4) is 11.1 Å². The number of nitro groups is 1. The maximum absolute atomic E-state index is 11.2. The van der Waals surface area contributed by atoms with Gasteiger partial charge in [-0.25, -0.2) is 0 Å². The molecule has 2 aromatic carbocycles. The Kier molecular flexibility index (Phi) is 4.07. The molecule has 6 nitrogen and oxygen atoms in total. The molecule has 20 heavy (non-hydrogen) atoms. The number of nitro benzene ring substituents is 1. The molecule has 1 amide bonds. The first-order valence-electron chi connectivity index (χ1n) is 5.95. The standard InChI is InChI=1S/C14H13N3O3/c15-9-14(18)16-12-5-1-3-10(7-12)11-4-2-6-13(8-11)17(19)20/h1-8H,9,15H2,(H,16,18). The van der Waals surface area contributed by atoms with Crippen molar-refractivity contribution in [3.63, 3.8) is 0 Å². The van der Waals surface area contributed by atoms with E-state index in [0.717, 1.165) is 5.56 Å². The number of nitrogens with two attached hydrogens (primary N) is 1. The van der Waals surface area contributed by atoms with Crippen molar-refractivity contribution >= 4 is 17.3 Å². The number of hydrogen-bond donors (Lipinski definition) is 2. The molecule has 0 saturated heterocycles. The van der Waals surface area contributed by atoms with Gasteiger partial charge in [0.1, 0.15) is 0 Å². The monoisotopic (exact) mass is 271 g/mol. The van der Waals surface area contributed by atoms with Crippen LogP contribution in [0.3, 0.4) is 0 Å². The lowest BCUT2D eigenvalue weighted by atomic mass is 10.0. The second kappa shape index (κ2) is 5.94. The summed E-state index contributed by atoms with van der Waals surface area (Å²) < 4.78 is 0. The highest BCUT2D eigenvalue weighted by molar-refractivity contribution is 5.92. The Morgan fingerprint density at radius 2 is 1.80 bits per heavy atom. The van der Waals surface area contributed by atoms with E-state index in [1.807, 2.05) is 6.07 Å². The Morgan fingerprint density at radius 3 is 2.45 bits per heavy atom. The van der Waals surface area contributed by atoms with Crippen molar-refractivity contribution in [3.05, 3.63) is 58.6 Å². The smallest absolute Gasteiger partial charge is 0.270 e. The molecule has 0 bridgehead atoms. The summed E-state index contributed by atoms with van der Waals surface area (Å²) in [5.41, 5.74) is 7.36. The van der Waals surface area contributed by atoms with Crippen LogP contribution in [-0.4, -0.2) is 17.4 Å². The highest BCUT2D eigenvalue weighted by Gasteiger charge is 2.08. The quantitative estimate of drug-likeness (QED) is 0.657. The van der Waals surface area contributed by atoms with E-state index in [9.17, 15) is 14.9 Å². The fraction of sp³-hybridized carbons (Fsp3) is 0.0714. The fourth-order valence-corrected chi connectivity index (χ4v) is 1.79. The first kappa shape index (κ1) is 13.7. The Morgan fingerprint density at radius 1 is 1.15 bits per heavy atom. The van der Waals surface area contributed by atoms with Gasteiger partial charge in [0.2, 0.25) is 5.91 Å². The Hall–Kier alpha value is -2.73. The van der Waals surface area contributed by atoms with Crippen molar-refractivity contribution in [2.24, 2.45) is 5.73 Å². The molecule has 0 spiro atoms. The number of carbonyl (C=O) groups is 1. The van der Waals surface area contributed by atoms with Crippen LogP contribution in [0.5, 0.6) is 0 Å². The van der Waals surface area contributed by atoms with Crippen LogP contribution in [0.25, 0.3) is 11.1 Å². The van der Waals surface area contributed by atoms with Crippen molar-refractivity contribution in [2.75, 3.05) is 11.9 Å². The van der Waals surface area contributed by atoms with Crippen molar-refractivity contribution < 1.29 is 9.72 Å². The van der Waals surface area contributed by atoms with Crippen LogP contribution in [0.4, 0.5) is 11.4 Å². The van der Waals surface area contributed by atoms with Gasteiger partial charge >= 0.3 is 0 Å². The zero-order valence-electron chi connectivity index (χ0n) is 10.6. The van der Waals surface area contributed by atoms with E-state index >= 15 is 0 Å². The van der Waals surface area contributed by atoms with Gasteiger partial charge < -0.3 is 11.1 Å². The second-order valence-corrected chi connectivity index (χ2v) is 4.14. The van der Waals surface area contributed by atoms with E-state index < -0.39 is 4.92 Å². The number of nitrogens with one attached hydrogen (secondary N) is 1.